The van der Waals surface area contributed by atoms with Crippen LogP contribution in [0.3, 0.4) is 0 Å². The number of carbonyl (C=O) groups excluding carboxylic acids is 1. The summed E-state index contributed by atoms with van der Waals surface area (Å²) in [4.78, 5) is 16.0. The predicted molar refractivity (Wildman–Crippen MR) is 70.3 cm³/mol. The smallest absolute Gasteiger partial charge is 0.223 e. The Labute approximate surface area is 106 Å². The van der Waals surface area contributed by atoms with E-state index in [0.29, 0.717) is 17.1 Å². The summed E-state index contributed by atoms with van der Waals surface area (Å²) in [7, 11) is 0. The van der Waals surface area contributed by atoms with Crippen LogP contribution in [-0.2, 0) is 0 Å². The van der Waals surface area contributed by atoms with Gasteiger partial charge >= 0.3 is 0 Å². The Balaban J connectivity index is 2.26. The van der Waals surface area contributed by atoms with Crippen molar-refractivity contribution in [3.05, 3.63) is 54.1 Å². The van der Waals surface area contributed by atoms with Gasteiger partial charge in [0.05, 0.1) is 0 Å². The van der Waals surface area contributed by atoms with Crippen LogP contribution in [0.2, 0.25) is 0 Å². The molecule has 2 rings (SSSR count). The number of hydrogen-bond acceptors (Lipinski definition) is 3. The molecule has 2 aromatic heterocycles. The van der Waals surface area contributed by atoms with Crippen LogP contribution in [0.15, 0.2) is 52.7 Å². The van der Waals surface area contributed by atoms with Crippen molar-refractivity contribution in [2.24, 2.45) is 0 Å². The summed E-state index contributed by atoms with van der Waals surface area (Å²) in [6.45, 7) is 3.80. The van der Waals surface area contributed by atoms with E-state index >= 15 is 0 Å². The van der Waals surface area contributed by atoms with Gasteiger partial charge in [0, 0.05) is 18.0 Å². The molecule has 0 N–H and O–H groups in total. The van der Waals surface area contributed by atoms with Crippen LogP contribution in [0, 0.1) is 0 Å². The maximum atomic E-state index is 12.0. The van der Waals surface area contributed by atoms with Gasteiger partial charge in [-0.25, -0.2) is 0 Å². The fourth-order valence-electron chi connectivity index (χ4n) is 1.72. The Bertz CT molecular complexity index is 567. The van der Waals surface area contributed by atoms with Gasteiger partial charge in [0.15, 0.2) is 5.76 Å². The Morgan fingerprint density at radius 2 is 2.22 bits per heavy atom. The summed E-state index contributed by atoms with van der Waals surface area (Å²) in [6.07, 6.45) is 6.15. The minimum atomic E-state index is -0.0630. The minimum absolute atomic E-state index is 0.0630. The van der Waals surface area contributed by atoms with E-state index in [0.717, 1.165) is 12.0 Å². The monoisotopic (exact) mass is 241 g/mol. The molecule has 3 nitrogen and oxygen atoms in total. The lowest BCUT2D eigenvalue weighted by atomic mass is 10.1. The molecule has 0 radical (unpaired) electrons. The maximum absolute atomic E-state index is 12.0. The first-order valence-electron chi connectivity index (χ1n) is 5.94. The zero-order chi connectivity index (χ0) is 13.0. The molecule has 0 aliphatic carbocycles. The van der Waals surface area contributed by atoms with E-state index in [1.807, 2.05) is 25.1 Å². The average Bonchev–Trinajstić information content (AvgIpc) is 2.89. The van der Waals surface area contributed by atoms with Crippen molar-refractivity contribution in [3.63, 3.8) is 0 Å². The highest BCUT2D eigenvalue weighted by atomic mass is 16.3. The summed E-state index contributed by atoms with van der Waals surface area (Å²) in [5, 5.41) is 0. The maximum Gasteiger partial charge on any atom is 0.223 e. The van der Waals surface area contributed by atoms with Gasteiger partial charge in [-0.15, -0.1) is 0 Å². The topological polar surface area (TPSA) is 43.1 Å². The number of Topliss-reactive ketones (excluding diaryl/α,β-unsaturated/α-hetero) is 1. The molecule has 0 amide bonds. The normalized spacial score (nSPS) is 11.6. The summed E-state index contributed by atoms with van der Waals surface area (Å²) in [5.41, 5.74) is 1.58. The van der Waals surface area contributed by atoms with Crippen molar-refractivity contribution in [1.29, 1.82) is 0 Å². The number of furan rings is 1. The van der Waals surface area contributed by atoms with E-state index in [-0.39, 0.29) is 5.78 Å². The highest BCUT2D eigenvalue weighted by molar-refractivity contribution is 6.06. The molecule has 0 spiro atoms. The number of nitrogens with zero attached hydrogens (tertiary/aromatic N) is 1. The van der Waals surface area contributed by atoms with Gasteiger partial charge in [0.1, 0.15) is 5.76 Å². The standard InChI is InChI=1S/C15H15NO2/c1-3-5-11(2)15(17)14-8-7-13(18-14)12-6-4-9-16-10-12/h4-10H,3H2,1-2H3/b11-5-. The fraction of sp³-hybridized carbons (Fsp3) is 0.200. The Morgan fingerprint density at radius 1 is 1.39 bits per heavy atom. The molecule has 2 aromatic rings. The molecule has 18 heavy (non-hydrogen) atoms. The second kappa shape index (κ2) is 5.45. The molecule has 92 valence electrons. The molecule has 0 aromatic carbocycles. The first-order chi connectivity index (χ1) is 8.72. The first-order valence-corrected chi connectivity index (χ1v) is 5.94. The van der Waals surface area contributed by atoms with Gasteiger partial charge in [-0.05, 0) is 43.2 Å². The highest BCUT2D eigenvalue weighted by Crippen LogP contribution is 2.22. The van der Waals surface area contributed by atoms with E-state index in [2.05, 4.69) is 4.98 Å². The quantitative estimate of drug-likeness (QED) is 0.602. The van der Waals surface area contributed by atoms with E-state index in [1.54, 1.807) is 31.5 Å². The van der Waals surface area contributed by atoms with Gasteiger partial charge in [-0.2, -0.15) is 0 Å². The van der Waals surface area contributed by atoms with Crippen LogP contribution in [-0.4, -0.2) is 10.8 Å². The zero-order valence-electron chi connectivity index (χ0n) is 10.5. The second-order valence-electron chi connectivity index (χ2n) is 4.03. The largest absolute Gasteiger partial charge is 0.453 e. The minimum Gasteiger partial charge on any atom is -0.453 e. The van der Waals surface area contributed by atoms with Crippen LogP contribution in [0.4, 0.5) is 0 Å². The molecule has 0 saturated heterocycles. The molecule has 0 aliphatic heterocycles. The third kappa shape index (κ3) is 2.56. The van der Waals surface area contributed by atoms with Gasteiger partial charge in [0.25, 0.3) is 0 Å². The molecular formula is C15H15NO2. The summed E-state index contributed by atoms with van der Waals surface area (Å²) >= 11 is 0. The summed E-state index contributed by atoms with van der Waals surface area (Å²) in [5.74, 6) is 0.971. The van der Waals surface area contributed by atoms with Crippen LogP contribution < -0.4 is 0 Å². The second-order valence-corrected chi connectivity index (χ2v) is 4.03. The third-order valence-corrected chi connectivity index (χ3v) is 2.64. The van der Waals surface area contributed by atoms with Crippen molar-refractivity contribution >= 4 is 5.78 Å². The Hall–Kier alpha value is -2.16. The molecule has 0 bridgehead atoms. The molecular weight excluding hydrogens is 226 g/mol. The van der Waals surface area contributed by atoms with Crippen molar-refractivity contribution in [2.75, 3.05) is 0 Å². The number of hydrogen-bond donors (Lipinski definition) is 0. The van der Waals surface area contributed by atoms with Crippen LogP contribution in [0.25, 0.3) is 11.3 Å². The van der Waals surface area contributed by atoms with Gasteiger partial charge in [0.2, 0.25) is 5.78 Å². The summed E-state index contributed by atoms with van der Waals surface area (Å²) < 4.78 is 5.57. The molecule has 0 aliphatic rings. The van der Waals surface area contributed by atoms with Crippen LogP contribution in [0.1, 0.15) is 30.8 Å². The number of rotatable bonds is 4. The fourth-order valence-corrected chi connectivity index (χ4v) is 1.72. The molecule has 0 atom stereocenters. The number of ketones is 1. The average molecular weight is 241 g/mol. The Morgan fingerprint density at radius 3 is 2.89 bits per heavy atom. The lowest BCUT2D eigenvalue weighted by Crippen LogP contribution is -1.98. The lowest BCUT2D eigenvalue weighted by Gasteiger charge is -1.97. The van der Waals surface area contributed by atoms with Crippen molar-refractivity contribution < 1.29 is 9.21 Å². The van der Waals surface area contributed by atoms with Crippen LogP contribution >= 0.6 is 0 Å². The van der Waals surface area contributed by atoms with Gasteiger partial charge in [-0.1, -0.05) is 13.0 Å². The molecule has 0 saturated carbocycles. The molecule has 0 fully saturated rings. The lowest BCUT2D eigenvalue weighted by molar-refractivity contribution is 0.100. The van der Waals surface area contributed by atoms with E-state index in [1.165, 1.54) is 0 Å². The first kappa shape index (κ1) is 12.3. The van der Waals surface area contributed by atoms with Crippen molar-refractivity contribution in [1.82, 2.24) is 4.98 Å². The van der Waals surface area contributed by atoms with Crippen molar-refractivity contribution in [3.8, 4) is 11.3 Å². The van der Waals surface area contributed by atoms with Gasteiger partial charge in [-0.3, -0.25) is 9.78 Å². The predicted octanol–water partition coefficient (Wildman–Crippen LogP) is 3.88. The Kier molecular flexibility index (Phi) is 3.72. The third-order valence-electron chi connectivity index (χ3n) is 2.64. The van der Waals surface area contributed by atoms with E-state index < -0.39 is 0 Å². The molecule has 3 heteroatoms. The molecule has 2 heterocycles. The van der Waals surface area contributed by atoms with E-state index in [9.17, 15) is 4.79 Å². The zero-order valence-corrected chi connectivity index (χ0v) is 10.5. The summed E-state index contributed by atoms with van der Waals surface area (Å²) in [6, 6.07) is 7.23. The van der Waals surface area contributed by atoms with Crippen molar-refractivity contribution in [2.45, 2.75) is 20.3 Å². The number of allylic oxidation sites excluding steroid dienone is 2. The van der Waals surface area contributed by atoms with Gasteiger partial charge < -0.3 is 4.42 Å². The number of pyridine rings is 1. The SMILES string of the molecule is CC/C=C(/C)C(=O)c1ccc(-c2cccnc2)o1. The molecule has 0 unspecified atom stereocenters. The van der Waals surface area contributed by atoms with Crippen LogP contribution in [0.5, 0.6) is 0 Å². The highest BCUT2D eigenvalue weighted by Gasteiger charge is 2.13. The number of carbonyl (C=O) groups is 1. The van der Waals surface area contributed by atoms with E-state index in [4.69, 9.17) is 4.42 Å². The number of aromatic nitrogens is 1.